The number of carbonyl (C=O) groups is 2. The van der Waals surface area contributed by atoms with Crippen molar-refractivity contribution in [2.24, 2.45) is 0 Å². The van der Waals surface area contributed by atoms with E-state index in [-0.39, 0.29) is 24.3 Å². The van der Waals surface area contributed by atoms with Gasteiger partial charge in [-0.2, -0.15) is 0 Å². The number of aromatic nitrogens is 2. The SMILES string of the molecule is CCCN(CCC)C(=O)Cn1c(C2CC(=O)N(c3ccccc3C)C2)nc2ccccc21. The van der Waals surface area contributed by atoms with Crippen LogP contribution in [-0.4, -0.2) is 45.9 Å². The number of carbonyl (C=O) groups excluding carboxylic acids is 2. The number of hydrogen-bond donors (Lipinski definition) is 0. The van der Waals surface area contributed by atoms with Crippen molar-refractivity contribution in [1.82, 2.24) is 14.5 Å². The van der Waals surface area contributed by atoms with Gasteiger partial charge in [-0.15, -0.1) is 0 Å². The molecule has 0 saturated carbocycles. The number of hydrogen-bond acceptors (Lipinski definition) is 3. The van der Waals surface area contributed by atoms with Crippen LogP contribution in [0.3, 0.4) is 0 Å². The summed E-state index contributed by atoms with van der Waals surface area (Å²) in [5.41, 5.74) is 3.86. The van der Waals surface area contributed by atoms with Gasteiger partial charge in [0.05, 0.1) is 11.0 Å². The van der Waals surface area contributed by atoms with Gasteiger partial charge in [-0.1, -0.05) is 44.2 Å². The van der Waals surface area contributed by atoms with E-state index < -0.39 is 0 Å². The topological polar surface area (TPSA) is 58.4 Å². The lowest BCUT2D eigenvalue weighted by Crippen LogP contribution is -2.35. The van der Waals surface area contributed by atoms with Gasteiger partial charge in [-0.3, -0.25) is 9.59 Å². The molecule has 2 heterocycles. The molecule has 168 valence electrons. The number of fused-ring (bicyclic) bond motifs is 1. The summed E-state index contributed by atoms with van der Waals surface area (Å²) in [6.07, 6.45) is 2.27. The highest BCUT2D eigenvalue weighted by Gasteiger charge is 2.35. The molecule has 4 rings (SSSR count). The van der Waals surface area contributed by atoms with Gasteiger partial charge in [0.1, 0.15) is 12.4 Å². The Bertz CT molecular complexity index is 1110. The largest absolute Gasteiger partial charge is 0.341 e. The molecule has 0 radical (unpaired) electrons. The van der Waals surface area contributed by atoms with Gasteiger partial charge >= 0.3 is 0 Å². The predicted octanol–water partition coefficient (Wildman–Crippen LogP) is 4.51. The molecule has 0 aliphatic carbocycles. The lowest BCUT2D eigenvalue weighted by atomic mass is 10.1. The second-order valence-electron chi connectivity index (χ2n) is 8.62. The normalized spacial score (nSPS) is 16.2. The molecular formula is C26H32N4O2. The fourth-order valence-corrected chi connectivity index (χ4v) is 4.69. The molecule has 3 aromatic rings. The van der Waals surface area contributed by atoms with Crippen molar-refractivity contribution in [3.63, 3.8) is 0 Å². The number of aryl methyl sites for hydroxylation is 1. The maximum absolute atomic E-state index is 13.2. The van der Waals surface area contributed by atoms with Gasteiger partial charge in [0.2, 0.25) is 11.8 Å². The number of nitrogens with zero attached hydrogens (tertiary/aromatic N) is 4. The minimum Gasteiger partial charge on any atom is -0.341 e. The molecule has 1 aliphatic heterocycles. The van der Waals surface area contributed by atoms with E-state index in [0.717, 1.165) is 54.0 Å². The van der Waals surface area contributed by atoms with Crippen molar-refractivity contribution >= 4 is 28.5 Å². The van der Waals surface area contributed by atoms with Crippen LogP contribution >= 0.6 is 0 Å². The van der Waals surface area contributed by atoms with Crippen molar-refractivity contribution in [3.8, 4) is 0 Å². The predicted molar refractivity (Wildman–Crippen MR) is 128 cm³/mol. The Labute approximate surface area is 189 Å². The third kappa shape index (κ3) is 4.27. The first-order valence-electron chi connectivity index (χ1n) is 11.6. The molecule has 0 bridgehead atoms. The Morgan fingerprint density at radius 3 is 2.47 bits per heavy atom. The van der Waals surface area contributed by atoms with E-state index >= 15 is 0 Å². The quantitative estimate of drug-likeness (QED) is 0.526. The van der Waals surface area contributed by atoms with Crippen molar-refractivity contribution in [1.29, 1.82) is 0 Å². The van der Waals surface area contributed by atoms with Crippen molar-refractivity contribution in [2.45, 2.75) is 52.5 Å². The zero-order chi connectivity index (χ0) is 22.7. The lowest BCUT2D eigenvalue weighted by molar-refractivity contribution is -0.131. The van der Waals surface area contributed by atoms with Crippen LogP contribution in [0.2, 0.25) is 0 Å². The number of rotatable bonds is 8. The lowest BCUT2D eigenvalue weighted by Gasteiger charge is -2.23. The van der Waals surface area contributed by atoms with Crippen molar-refractivity contribution in [2.75, 3.05) is 24.5 Å². The third-order valence-electron chi connectivity index (χ3n) is 6.21. The molecule has 1 aromatic heterocycles. The van der Waals surface area contributed by atoms with Gasteiger partial charge in [-0.25, -0.2) is 4.98 Å². The van der Waals surface area contributed by atoms with E-state index in [1.807, 2.05) is 69.8 Å². The zero-order valence-electron chi connectivity index (χ0n) is 19.3. The first-order chi connectivity index (χ1) is 15.5. The van der Waals surface area contributed by atoms with Crippen LogP contribution in [0.1, 0.15) is 50.4 Å². The average molecular weight is 433 g/mol. The van der Waals surface area contributed by atoms with E-state index in [2.05, 4.69) is 13.8 Å². The molecule has 2 aromatic carbocycles. The fourth-order valence-electron chi connectivity index (χ4n) is 4.69. The van der Waals surface area contributed by atoms with Gasteiger partial charge < -0.3 is 14.4 Å². The Morgan fingerprint density at radius 1 is 1.06 bits per heavy atom. The average Bonchev–Trinajstić information content (AvgIpc) is 3.34. The Balaban J connectivity index is 1.67. The van der Waals surface area contributed by atoms with E-state index in [9.17, 15) is 9.59 Å². The second kappa shape index (κ2) is 9.55. The number of anilines is 1. The minimum atomic E-state index is -0.0480. The molecule has 0 N–H and O–H groups in total. The van der Waals surface area contributed by atoms with Crippen LogP contribution in [-0.2, 0) is 16.1 Å². The summed E-state index contributed by atoms with van der Waals surface area (Å²) in [7, 11) is 0. The maximum atomic E-state index is 13.2. The van der Waals surface area contributed by atoms with E-state index in [1.165, 1.54) is 0 Å². The molecule has 6 nitrogen and oxygen atoms in total. The standard InChI is InChI=1S/C26H32N4O2/c1-4-14-28(15-5-2)25(32)18-30-23-13-9-7-11-21(23)27-26(30)20-16-24(31)29(17-20)22-12-8-6-10-19(22)3/h6-13,20H,4-5,14-18H2,1-3H3. The summed E-state index contributed by atoms with van der Waals surface area (Å²) < 4.78 is 2.04. The van der Waals surface area contributed by atoms with E-state index in [0.29, 0.717) is 13.0 Å². The Morgan fingerprint density at radius 2 is 1.75 bits per heavy atom. The Hall–Kier alpha value is -3.15. The van der Waals surface area contributed by atoms with E-state index in [1.54, 1.807) is 0 Å². The number of amides is 2. The number of para-hydroxylation sites is 3. The molecular weight excluding hydrogens is 400 g/mol. The van der Waals surface area contributed by atoms with Crippen molar-refractivity contribution < 1.29 is 9.59 Å². The summed E-state index contributed by atoms with van der Waals surface area (Å²) in [6.45, 7) is 8.57. The molecule has 1 atom stereocenters. The van der Waals surface area contributed by atoms with Crippen LogP contribution in [0.4, 0.5) is 5.69 Å². The first-order valence-corrected chi connectivity index (χ1v) is 11.6. The van der Waals surface area contributed by atoms with E-state index in [4.69, 9.17) is 4.98 Å². The van der Waals surface area contributed by atoms with Crippen LogP contribution in [0.15, 0.2) is 48.5 Å². The highest BCUT2D eigenvalue weighted by Crippen LogP contribution is 2.34. The van der Waals surface area contributed by atoms with Gasteiger partial charge in [0.25, 0.3) is 0 Å². The molecule has 6 heteroatoms. The highest BCUT2D eigenvalue weighted by molar-refractivity contribution is 5.97. The summed E-state index contributed by atoms with van der Waals surface area (Å²) in [4.78, 5) is 34.9. The highest BCUT2D eigenvalue weighted by atomic mass is 16.2. The zero-order valence-corrected chi connectivity index (χ0v) is 19.3. The monoisotopic (exact) mass is 432 g/mol. The first kappa shape index (κ1) is 22.1. The van der Waals surface area contributed by atoms with Gasteiger partial charge in [0.15, 0.2) is 0 Å². The summed E-state index contributed by atoms with van der Waals surface area (Å²) in [6, 6.07) is 15.9. The van der Waals surface area contributed by atoms with Crippen LogP contribution in [0.25, 0.3) is 11.0 Å². The Kier molecular flexibility index (Phi) is 6.58. The number of imidazole rings is 1. The van der Waals surface area contributed by atoms with Crippen molar-refractivity contribution in [3.05, 3.63) is 59.9 Å². The molecule has 1 saturated heterocycles. The van der Waals surface area contributed by atoms with Crippen LogP contribution in [0.5, 0.6) is 0 Å². The fraction of sp³-hybridized carbons (Fsp3) is 0.423. The smallest absolute Gasteiger partial charge is 0.242 e. The minimum absolute atomic E-state index is 0.0480. The molecule has 32 heavy (non-hydrogen) atoms. The van der Waals surface area contributed by atoms with Gasteiger partial charge in [0, 0.05) is 37.7 Å². The number of benzene rings is 2. The maximum Gasteiger partial charge on any atom is 0.242 e. The molecule has 1 unspecified atom stereocenters. The summed E-state index contributed by atoms with van der Waals surface area (Å²) in [5.74, 6) is 0.996. The van der Waals surface area contributed by atoms with Gasteiger partial charge in [-0.05, 0) is 43.5 Å². The van der Waals surface area contributed by atoms with Crippen LogP contribution < -0.4 is 4.90 Å². The summed E-state index contributed by atoms with van der Waals surface area (Å²) in [5, 5.41) is 0. The van der Waals surface area contributed by atoms with Crippen LogP contribution in [0, 0.1) is 6.92 Å². The molecule has 1 aliphatic rings. The molecule has 0 spiro atoms. The third-order valence-corrected chi connectivity index (χ3v) is 6.21. The summed E-state index contributed by atoms with van der Waals surface area (Å²) >= 11 is 0. The molecule has 2 amide bonds. The molecule has 1 fully saturated rings. The second-order valence-corrected chi connectivity index (χ2v) is 8.62.